The number of azo groups is 2. The fourth-order valence-electron chi connectivity index (χ4n) is 3.13. The van der Waals surface area contributed by atoms with Gasteiger partial charge in [-0.15, -0.1) is 0 Å². The average Bonchev–Trinajstić information content (AvgIpc) is 3.06. The maximum absolute atomic E-state index is 13.2. The molecular formula is C18H15BrFN4O2+. The molecule has 0 aliphatic carbocycles. The molecule has 1 unspecified atom stereocenters. The van der Waals surface area contributed by atoms with Crippen LogP contribution in [-0.4, -0.2) is 40.8 Å². The summed E-state index contributed by atoms with van der Waals surface area (Å²) in [6.07, 6.45) is -0.596. The maximum atomic E-state index is 13.2. The minimum atomic E-state index is -0.634. The Kier molecular flexibility index (Phi) is 4.28. The molecule has 0 spiro atoms. The highest BCUT2D eigenvalue weighted by atomic mass is 79.9. The molecule has 2 heterocycles. The Bertz CT molecular complexity index is 898. The van der Waals surface area contributed by atoms with Crippen molar-refractivity contribution < 1.29 is 18.7 Å². The number of nitrogens with zero attached hydrogens (tertiary/aromatic N) is 4. The molecule has 0 saturated carbocycles. The molecule has 2 aromatic carbocycles. The summed E-state index contributed by atoms with van der Waals surface area (Å²) in [5.74, 6) is -1.52. The fraction of sp³-hybridized carbons (Fsp3) is 0.222. The fourth-order valence-corrected chi connectivity index (χ4v) is 3.39. The zero-order valence-electron chi connectivity index (χ0n) is 13.7. The largest absolute Gasteiger partial charge is 0.502 e. The summed E-state index contributed by atoms with van der Waals surface area (Å²) in [5.41, 5.74) is 1.63. The summed E-state index contributed by atoms with van der Waals surface area (Å²) in [4.78, 5) is 28.2. The van der Waals surface area contributed by atoms with Gasteiger partial charge in [0.05, 0.1) is 0 Å². The normalized spacial score (nSPS) is 19.6. The molecule has 132 valence electrons. The van der Waals surface area contributed by atoms with Gasteiger partial charge in [0.1, 0.15) is 5.82 Å². The second-order valence-electron chi connectivity index (χ2n) is 6.12. The van der Waals surface area contributed by atoms with Gasteiger partial charge in [0.25, 0.3) is 6.29 Å². The first-order valence-electron chi connectivity index (χ1n) is 8.13. The van der Waals surface area contributed by atoms with E-state index in [-0.39, 0.29) is 12.4 Å². The smallest absolute Gasteiger partial charge is 0.326 e. The Hall–Kier alpha value is -2.61. The van der Waals surface area contributed by atoms with Crippen LogP contribution in [0.15, 0.2) is 58.1 Å². The number of hydrogen-bond acceptors (Lipinski definition) is 4. The molecule has 8 heteroatoms. The summed E-state index contributed by atoms with van der Waals surface area (Å²) in [5, 5.41) is 4.48. The second-order valence-corrected chi connectivity index (χ2v) is 7.04. The van der Waals surface area contributed by atoms with Crippen LogP contribution in [0.5, 0.6) is 0 Å². The zero-order chi connectivity index (χ0) is 18.3. The van der Waals surface area contributed by atoms with Crippen molar-refractivity contribution in [2.75, 3.05) is 18.0 Å². The van der Waals surface area contributed by atoms with Gasteiger partial charge in [-0.2, -0.15) is 0 Å². The van der Waals surface area contributed by atoms with Gasteiger partial charge in [0, 0.05) is 33.9 Å². The number of halogens is 2. The lowest BCUT2D eigenvalue weighted by atomic mass is 10.2. The van der Waals surface area contributed by atoms with Crippen molar-refractivity contribution in [1.29, 1.82) is 0 Å². The molecular weight excluding hydrogens is 403 g/mol. The Balaban J connectivity index is 1.65. The van der Waals surface area contributed by atoms with E-state index >= 15 is 0 Å². The van der Waals surface area contributed by atoms with E-state index in [1.54, 1.807) is 12.1 Å². The van der Waals surface area contributed by atoms with Crippen molar-refractivity contribution in [2.24, 2.45) is 5.11 Å². The van der Waals surface area contributed by atoms with Crippen LogP contribution in [0.2, 0.25) is 0 Å². The number of benzene rings is 2. The molecule has 4 rings (SSSR count). The summed E-state index contributed by atoms with van der Waals surface area (Å²) in [6.45, 7) is 1.16. The van der Waals surface area contributed by atoms with Crippen molar-refractivity contribution >= 4 is 33.4 Å². The third-order valence-corrected chi connectivity index (χ3v) is 4.99. The van der Waals surface area contributed by atoms with E-state index in [9.17, 15) is 14.0 Å². The van der Waals surface area contributed by atoms with Crippen molar-refractivity contribution in [1.82, 2.24) is 4.90 Å². The lowest BCUT2D eigenvalue weighted by Crippen LogP contribution is -2.51. The van der Waals surface area contributed by atoms with Crippen molar-refractivity contribution in [3.8, 4) is 0 Å². The molecule has 0 aromatic heterocycles. The molecule has 0 N–H and O–H groups in total. The van der Waals surface area contributed by atoms with Crippen LogP contribution in [-0.2, 0) is 16.1 Å². The monoisotopic (exact) mass is 417 g/mol. The van der Waals surface area contributed by atoms with Crippen molar-refractivity contribution in [3.63, 3.8) is 0 Å². The highest BCUT2D eigenvalue weighted by molar-refractivity contribution is 9.10. The molecule has 2 amide bonds. The van der Waals surface area contributed by atoms with E-state index in [4.69, 9.17) is 0 Å². The van der Waals surface area contributed by atoms with Crippen LogP contribution in [0.3, 0.4) is 0 Å². The lowest BCUT2D eigenvalue weighted by molar-refractivity contribution is -0.534. The minimum Gasteiger partial charge on any atom is -0.326 e. The third-order valence-electron chi connectivity index (χ3n) is 4.46. The summed E-state index contributed by atoms with van der Waals surface area (Å²) >= 11 is 3.37. The van der Waals surface area contributed by atoms with E-state index < -0.39 is 18.1 Å². The van der Waals surface area contributed by atoms with Gasteiger partial charge < -0.3 is 4.90 Å². The Morgan fingerprint density at radius 1 is 1.04 bits per heavy atom. The first-order valence-corrected chi connectivity index (χ1v) is 8.92. The molecule has 0 radical (unpaired) electrons. The molecule has 1 saturated heterocycles. The van der Waals surface area contributed by atoms with Crippen LogP contribution in [0.4, 0.5) is 10.1 Å². The molecule has 2 aliphatic heterocycles. The van der Waals surface area contributed by atoms with Crippen LogP contribution in [0.25, 0.3) is 0 Å². The van der Waals surface area contributed by atoms with Gasteiger partial charge in [-0.1, -0.05) is 28.1 Å². The van der Waals surface area contributed by atoms with Crippen LogP contribution >= 0.6 is 15.9 Å². The maximum Gasteiger partial charge on any atom is 0.502 e. The number of amides is 2. The van der Waals surface area contributed by atoms with Gasteiger partial charge >= 0.3 is 11.8 Å². The Morgan fingerprint density at radius 2 is 1.69 bits per heavy atom. The van der Waals surface area contributed by atoms with Crippen molar-refractivity contribution in [3.05, 3.63) is 64.4 Å². The summed E-state index contributed by atoms with van der Waals surface area (Å²) in [6, 6.07) is 13.5. The van der Waals surface area contributed by atoms with Crippen molar-refractivity contribution in [2.45, 2.75) is 12.8 Å². The second kappa shape index (κ2) is 6.60. The summed E-state index contributed by atoms with van der Waals surface area (Å²) in [7, 11) is 0. The van der Waals surface area contributed by atoms with E-state index in [1.807, 2.05) is 29.2 Å². The van der Waals surface area contributed by atoms with Crippen LogP contribution < -0.4 is 4.90 Å². The number of anilines is 1. The number of hydrogen-bond donors (Lipinski definition) is 0. The lowest BCUT2D eigenvalue weighted by Gasteiger charge is -2.27. The SMILES string of the molecule is O=C1C(=O)[N+](Cc2ccc(Br)cc2)=NC2N1CCN2c1ccc(F)cc1. The number of fused-ring (bicyclic) bond motifs is 1. The van der Waals surface area contributed by atoms with E-state index in [0.717, 1.165) is 15.7 Å². The van der Waals surface area contributed by atoms with Gasteiger partial charge in [-0.3, -0.25) is 9.69 Å². The number of carbonyl (C=O) groups is 2. The van der Waals surface area contributed by atoms with Gasteiger partial charge in [-0.25, -0.2) is 9.18 Å². The first-order chi connectivity index (χ1) is 12.5. The summed E-state index contributed by atoms with van der Waals surface area (Å²) < 4.78 is 15.3. The molecule has 1 atom stereocenters. The van der Waals surface area contributed by atoms with Gasteiger partial charge in [0.2, 0.25) is 6.54 Å². The number of rotatable bonds is 3. The van der Waals surface area contributed by atoms with Crippen LogP contribution in [0, 0.1) is 5.82 Å². The predicted octanol–water partition coefficient (Wildman–Crippen LogP) is 2.73. The number of carbonyl (C=O) groups excluding carboxylic acids is 2. The van der Waals surface area contributed by atoms with E-state index in [0.29, 0.717) is 13.1 Å². The topological polar surface area (TPSA) is 56.0 Å². The third kappa shape index (κ3) is 3.01. The molecule has 26 heavy (non-hydrogen) atoms. The molecule has 0 bridgehead atoms. The predicted molar refractivity (Wildman–Crippen MR) is 94.8 cm³/mol. The molecule has 1 fully saturated rings. The Morgan fingerprint density at radius 3 is 2.38 bits per heavy atom. The van der Waals surface area contributed by atoms with Gasteiger partial charge in [-0.05, 0) is 41.1 Å². The minimum absolute atomic E-state index is 0.222. The highest BCUT2D eigenvalue weighted by Gasteiger charge is 2.49. The standard InChI is InChI=1S/C18H15BrFN4O2/c19-13-3-1-12(2-4-13)11-24-17(26)16(25)23-10-9-22(18(23)21-24)15-7-5-14(20)6-8-15/h1-8,18H,9-11H2/q+1. The quantitative estimate of drug-likeness (QED) is 0.569. The van der Waals surface area contributed by atoms with E-state index in [1.165, 1.54) is 21.7 Å². The first kappa shape index (κ1) is 16.8. The molecule has 2 aliphatic rings. The Labute approximate surface area is 157 Å². The highest BCUT2D eigenvalue weighted by Crippen LogP contribution is 2.27. The molecule has 6 nitrogen and oxygen atoms in total. The van der Waals surface area contributed by atoms with Gasteiger partial charge in [0.15, 0.2) is 0 Å². The van der Waals surface area contributed by atoms with E-state index in [2.05, 4.69) is 21.0 Å². The molecule has 2 aromatic rings. The zero-order valence-corrected chi connectivity index (χ0v) is 15.3. The average molecular weight is 418 g/mol. The van der Waals surface area contributed by atoms with Crippen LogP contribution in [0.1, 0.15) is 5.56 Å².